The summed E-state index contributed by atoms with van der Waals surface area (Å²) in [5.74, 6) is 2.20. The van der Waals surface area contributed by atoms with Gasteiger partial charge in [0.15, 0.2) is 11.6 Å². The fraction of sp³-hybridized carbons (Fsp3) is 0.421. The predicted octanol–water partition coefficient (Wildman–Crippen LogP) is 3.41. The Labute approximate surface area is 146 Å². The van der Waals surface area contributed by atoms with E-state index in [0.29, 0.717) is 18.8 Å². The molecule has 2 aromatic heterocycles. The first kappa shape index (κ1) is 15.9. The smallest absolute Gasteiger partial charge is 0.289 e. The second kappa shape index (κ2) is 5.72. The molecule has 1 saturated heterocycles. The number of nitrogens with one attached hydrogen (secondary N) is 1. The van der Waals surface area contributed by atoms with Crippen LogP contribution in [0.2, 0.25) is 0 Å². The molecule has 0 saturated carbocycles. The highest BCUT2D eigenvalue weighted by atomic mass is 16.3. The van der Waals surface area contributed by atoms with Crippen molar-refractivity contribution in [1.29, 1.82) is 0 Å². The topological polar surface area (TPSA) is 75.0 Å². The lowest BCUT2D eigenvalue weighted by Crippen LogP contribution is -2.28. The molecule has 4 rings (SSSR count). The maximum Gasteiger partial charge on any atom is 0.289 e. The number of carbonyl (C=O) groups excluding carboxylic acids is 1. The molecule has 0 spiro atoms. The Bertz CT molecular complexity index is 969. The van der Waals surface area contributed by atoms with Gasteiger partial charge in [0.1, 0.15) is 11.4 Å². The quantitative estimate of drug-likeness (QED) is 0.777. The summed E-state index contributed by atoms with van der Waals surface area (Å²) in [5.41, 5.74) is 3.94. The molecule has 1 aromatic carbocycles. The Kier molecular flexibility index (Phi) is 3.63. The van der Waals surface area contributed by atoms with Crippen LogP contribution in [0.3, 0.4) is 0 Å². The number of aromatic amines is 1. The first-order valence-corrected chi connectivity index (χ1v) is 8.63. The molecule has 3 heterocycles. The summed E-state index contributed by atoms with van der Waals surface area (Å²) in [6.45, 7) is 9.25. The van der Waals surface area contributed by atoms with Crippen LogP contribution in [0.1, 0.15) is 51.2 Å². The lowest BCUT2D eigenvalue weighted by Gasteiger charge is -2.14. The summed E-state index contributed by atoms with van der Waals surface area (Å²) in [7, 11) is 0. The van der Waals surface area contributed by atoms with Gasteiger partial charge in [0.2, 0.25) is 0 Å². The van der Waals surface area contributed by atoms with Gasteiger partial charge in [-0.1, -0.05) is 12.1 Å². The third kappa shape index (κ3) is 2.52. The highest BCUT2D eigenvalue weighted by Gasteiger charge is 2.33. The van der Waals surface area contributed by atoms with E-state index in [9.17, 15) is 4.79 Å². The number of rotatable bonds is 2. The SMILES string of the molecule is Cc1nc(C2CCN(C(=O)c3oc4c(C)ccc(C)c4c3C)C2)n[nH]1. The number of carbonyl (C=O) groups is 1. The Morgan fingerprint density at radius 3 is 2.68 bits per heavy atom. The van der Waals surface area contributed by atoms with Crippen molar-refractivity contribution in [2.24, 2.45) is 0 Å². The van der Waals surface area contributed by atoms with Crippen LogP contribution in [0.5, 0.6) is 0 Å². The number of H-pyrrole nitrogens is 1. The number of hydrogen-bond acceptors (Lipinski definition) is 4. The first-order valence-electron chi connectivity index (χ1n) is 8.63. The number of hydrogen-bond donors (Lipinski definition) is 1. The molecular weight excluding hydrogens is 316 g/mol. The molecule has 1 aliphatic rings. The maximum atomic E-state index is 13.0. The van der Waals surface area contributed by atoms with E-state index >= 15 is 0 Å². The van der Waals surface area contributed by atoms with Crippen molar-refractivity contribution in [3.8, 4) is 0 Å². The standard InChI is InChI=1S/C19H22N4O2/c1-10-5-6-11(2)16-15(10)12(3)17(25-16)19(24)23-8-7-14(9-23)18-20-13(4)21-22-18/h5-6,14H,7-9H2,1-4H3,(H,20,21,22). The molecule has 1 aliphatic heterocycles. The summed E-state index contributed by atoms with van der Waals surface area (Å²) in [4.78, 5) is 19.3. The lowest BCUT2D eigenvalue weighted by atomic mass is 10.0. The third-order valence-electron chi connectivity index (χ3n) is 5.13. The number of furan rings is 1. The Morgan fingerprint density at radius 2 is 2.00 bits per heavy atom. The first-order chi connectivity index (χ1) is 12.0. The molecule has 0 radical (unpaired) electrons. The maximum absolute atomic E-state index is 13.0. The van der Waals surface area contributed by atoms with Crippen LogP contribution in [-0.4, -0.2) is 39.1 Å². The minimum absolute atomic E-state index is 0.0396. The van der Waals surface area contributed by atoms with Crippen molar-refractivity contribution in [2.75, 3.05) is 13.1 Å². The molecular formula is C19H22N4O2. The van der Waals surface area contributed by atoms with E-state index in [1.54, 1.807) is 0 Å². The average molecular weight is 338 g/mol. The number of fused-ring (bicyclic) bond motifs is 1. The number of aromatic nitrogens is 3. The van der Waals surface area contributed by atoms with Gasteiger partial charge in [-0.05, 0) is 45.2 Å². The molecule has 0 aliphatic carbocycles. The van der Waals surface area contributed by atoms with E-state index in [1.165, 1.54) is 0 Å². The summed E-state index contributed by atoms with van der Waals surface area (Å²) >= 11 is 0. The summed E-state index contributed by atoms with van der Waals surface area (Å²) in [6, 6.07) is 4.11. The zero-order valence-corrected chi connectivity index (χ0v) is 15.0. The van der Waals surface area contributed by atoms with Gasteiger partial charge < -0.3 is 9.32 Å². The van der Waals surface area contributed by atoms with Crippen molar-refractivity contribution < 1.29 is 9.21 Å². The minimum Gasteiger partial charge on any atom is -0.450 e. The fourth-order valence-corrected chi connectivity index (χ4v) is 3.72. The van der Waals surface area contributed by atoms with Crippen molar-refractivity contribution in [3.05, 3.63) is 46.2 Å². The average Bonchev–Trinajstić information content (AvgIpc) is 3.29. The van der Waals surface area contributed by atoms with E-state index in [1.807, 2.05) is 31.7 Å². The second-order valence-electron chi connectivity index (χ2n) is 6.98. The van der Waals surface area contributed by atoms with Crippen LogP contribution in [-0.2, 0) is 0 Å². The normalized spacial score (nSPS) is 17.6. The van der Waals surface area contributed by atoms with E-state index < -0.39 is 0 Å². The van der Waals surface area contributed by atoms with Gasteiger partial charge >= 0.3 is 0 Å². The number of benzene rings is 1. The number of amides is 1. The number of nitrogens with zero attached hydrogens (tertiary/aromatic N) is 3. The number of likely N-dealkylation sites (tertiary alicyclic amines) is 1. The van der Waals surface area contributed by atoms with Gasteiger partial charge in [0, 0.05) is 30.0 Å². The molecule has 1 N–H and O–H groups in total. The third-order valence-corrected chi connectivity index (χ3v) is 5.13. The summed E-state index contributed by atoms with van der Waals surface area (Å²) in [5, 5.41) is 8.18. The molecule has 1 fully saturated rings. The highest BCUT2D eigenvalue weighted by molar-refractivity contribution is 6.00. The second-order valence-corrected chi connectivity index (χ2v) is 6.98. The van der Waals surface area contributed by atoms with Crippen LogP contribution < -0.4 is 0 Å². The van der Waals surface area contributed by atoms with Crippen molar-refractivity contribution in [3.63, 3.8) is 0 Å². The Morgan fingerprint density at radius 1 is 1.24 bits per heavy atom. The van der Waals surface area contributed by atoms with Crippen molar-refractivity contribution in [1.82, 2.24) is 20.1 Å². The van der Waals surface area contributed by atoms with Crippen LogP contribution in [0, 0.1) is 27.7 Å². The Hall–Kier alpha value is -2.63. The highest BCUT2D eigenvalue weighted by Crippen LogP contribution is 2.33. The van der Waals surface area contributed by atoms with Gasteiger partial charge in [-0.15, -0.1) is 0 Å². The van der Waals surface area contributed by atoms with Crippen molar-refractivity contribution in [2.45, 2.75) is 40.0 Å². The zero-order chi connectivity index (χ0) is 17.7. The molecule has 25 heavy (non-hydrogen) atoms. The van der Waals surface area contributed by atoms with Crippen LogP contribution in [0.25, 0.3) is 11.0 Å². The Balaban J connectivity index is 1.64. The van der Waals surface area contributed by atoms with Crippen LogP contribution >= 0.6 is 0 Å². The minimum atomic E-state index is -0.0396. The van der Waals surface area contributed by atoms with Crippen LogP contribution in [0.15, 0.2) is 16.5 Å². The van der Waals surface area contributed by atoms with E-state index in [0.717, 1.165) is 45.7 Å². The fourth-order valence-electron chi connectivity index (χ4n) is 3.72. The molecule has 130 valence electrons. The van der Waals surface area contributed by atoms with Gasteiger partial charge in [0.25, 0.3) is 5.91 Å². The predicted molar refractivity (Wildman–Crippen MR) is 94.8 cm³/mol. The van der Waals surface area contributed by atoms with Crippen molar-refractivity contribution >= 4 is 16.9 Å². The molecule has 3 aromatic rings. The summed E-state index contributed by atoms with van der Waals surface area (Å²) < 4.78 is 6.00. The van der Waals surface area contributed by atoms with Gasteiger partial charge in [-0.2, -0.15) is 5.10 Å². The van der Waals surface area contributed by atoms with Gasteiger partial charge in [-0.25, -0.2) is 4.98 Å². The number of aryl methyl sites for hydroxylation is 4. The molecule has 0 bridgehead atoms. The molecule has 6 nitrogen and oxygen atoms in total. The monoisotopic (exact) mass is 338 g/mol. The molecule has 1 amide bonds. The zero-order valence-electron chi connectivity index (χ0n) is 15.0. The molecule has 6 heteroatoms. The molecule has 1 atom stereocenters. The molecule has 1 unspecified atom stereocenters. The van der Waals surface area contributed by atoms with E-state index in [4.69, 9.17) is 4.42 Å². The van der Waals surface area contributed by atoms with Crippen LogP contribution in [0.4, 0.5) is 0 Å². The lowest BCUT2D eigenvalue weighted by molar-refractivity contribution is 0.0760. The van der Waals surface area contributed by atoms with Gasteiger partial charge in [0.05, 0.1) is 0 Å². The van der Waals surface area contributed by atoms with E-state index in [-0.39, 0.29) is 11.8 Å². The largest absolute Gasteiger partial charge is 0.450 e. The summed E-state index contributed by atoms with van der Waals surface area (Å²) in [6.07, 6.45) is 0.875. The van der Waals surface area contributed by atoms with Gasteiger partial charge in [-0.3, -0.25) is 9.89 Å². The van der Waals surface area contributed by atoms with E-state index in [2.05, 4.69) is 28.2 Å².